The third-order valence-electron chi connectivity index (χ3n) is 2.62. The van der Waals surface area contributed by atoms with Crippen LogP contribution in [0.5, 0.6) is 11.5 Å². The topological polar surface area (TPSA) is 79.5 Å². The Hall–Kier alpha value is -2.48. The van der Waals surface area contributed by atoms with Gasteiger partial charge >= 0.3 is 5.97 Å². The summed E-state index contributed by atoms with van der Waals surface area (Å²) in [6.45, 7) is 2.55. The van der Waals surface area contributed by atoms with Gasteiger partial charge in [0.25, 0.3) is 0 Å². The molecule has 5 nitrogen and oxygen atoms in total. The molecular weight excluding hydrogens is 258 g/mol. The van der Waals surface area contributed by atoms with E-state index in [1.54, 1.807) is 24.3 Å². The first-order chi connectivity index (χ1) is 9.63. The van der Waals surface area contributed by atoms with Crippen LogP contribution in [0.25, 0.3) is 6.08 Å². The van der Waals surface area contributed by atoms with Gasteiger partial charge in [-0.15, -0.1) is 0 Å². The number of carboxylic acid groups (broad SMARTS) is 1. The Morgan fingerprint density at radius 3 is 2.80 bits per heavy atom. The molecule has 0 amide bonds. The van der Waals surface area contributed by atoms with Crippen LogP contribution in [0.2, 0.25) is 0 Å². The smallest absolute Gasteiger partial charge is 0.346 e. The van der Waals surface area contributed by atoms with Crippen LogP contribution in [0.4, 0.5) is 0 Å². The second-order valence-corrected chi connectivity index (χ2v) is 4.06. The third-order valence-corrected chi connectivity index (χ3v) is 2.62. The van der Waals surface area contributed by atoms with E-state index < -0.39 is 5.97 Å². The summed E-state index contributed by atoms with van der Waals surface area (Å²) in [5.74, 6) is -0.301. The molecule has 1 aromatic rings. The van der Waals surface area contributed by atoms with E-state index in [1.165, 1.54) is 13.2 Å². The highest BCUT2D eigenvalue weighted by Gasteiger charge is 2.12. The van der Waals surface area contributed by atoms with Gasteiger partial charge < -0.3 is 14.6 Å². The maximum Gasteiger partial charge on any atom is 0.346 e. The van der Waals surface area contributed by atoms with Gasteiger partial charge in [-0.2, -0.15) is 5.26 Å². The minimum Gasteiger partial charge on any atom is -0.493 e. The van der Waals surface area contributed by atoms with E-state index in [0.717, 1.165) is 12.8 Å². The standard InChI is InChI=1S/C15H17NO4/c1-3-4-8-20-14-11(6-5-7-13(14)19-2)9-12(10-16)15(17)18/h5-7,9H,3-4,8H2,1-2H3,(H,17,18). The number of hydrogen-bond donors (Lipinski definition) is 1. The number of carboxylic acids is 1. The minimum absolute atomic E-state index is 0.349. The Bertz CT molecular complexity index is 543. The van der Waals surface area contributed by atoms with Gasteiger partial charge in [-0.1, -0.05) is 25.5 Å². The molecule has 1 rings (SSSR count). The van der Waals surface area contributed by atoms with Gasteiger partial charge in [-0.05, 0) is 18.6 Å². The number of para-hydroxylation sites is 1. The molecule has 1 aromatic carbocycles. The monoisotopic (exact) mass is 275 g/mol. The van der Waals surface area contributed by atoms with Crippen LogP contribution in [0.3, 0.4) is 0 Å². The fraction of sp³-hybridized carbons (Fsp3) is 0.333. The molecule has 0 unspecified atom stereocenters. The Labute approximate surface area is 118 Å². The second-order valence-electron chi connectivity index (χ2n) is 4.06. The largest absolute Gasteiger partial charge is 0.493 e. The van der Waals surface area contributed by atoms with Crippen molar-refractivity contribution in [3.05, 3.63) is 29.3 Å². The van der Waals surface area contributed by atoms with Gasteiger partial charge in [0.15, 0.2) is 11.5 Å². The van der Waals surface area contributed by atoms with Gasteiger partial charge in [-0.3, -0.25) is 0 Å². The number of benzene rings is 1. The molecule has 1 N–H and O–H groups in total. The van der Waals surface area contributed by atoms with E-state index in [4.69, 9.17) is 19.8 Å². The summed E-state index contributed by atoms with van der Waals surface area (Å²) in [6.07, 6.45) is 3.15. The van der Waals surface area contributed by atoms with Crippen LogP contribution >= 0.6 is 0 Å². The van der Waals surface area contributed by atoms with Gasteiger partial charge in [0.05, 0.1) is 13.7 Å². The van der Waals surface area contributed by atoms with Crippen molar-refractivity contribution in [2.24, 2.45) is 0 Å². The summed E-state index contributed by atoms with van der Waals surface area (Å²) in [4.78, 5) is 10.9. The fourth-order valence-electron chi connectivity index (χ4n) is 1.58. The van der Waals surface area contributed by atoms with Crippen LogP contribution in [-0.4, -0.2) is 24.8 Å². The van der Waals surface area contributed by atoms with E-state index in [2.05, 4.69) is 0 Å². The summed E-state index contributed by atoms with van der Waals surface area (Å²) in [6, 6.07) is 6.78. The number of unbranched alkanes of at least 4 members (excludes halogenated alkanes) is 1. The Morgan fingerprint density at radius 2 is 2.25 bits per heavy atom. The first-order valence-electron chi connectivity index (χ1n) is 6.28. The lowest BCUT2D eigenvalue weighted by atomic mass is 10.1. The van der Waals surface area contributed by atoms with Crippen molar-refractivity contribution in [3.8, 4) is 17.6 Å². The first-order valence-corrected chi connectivity index (χ1v) is 6.28. The van der Waals surface area contributed by atoms with E-state index in [0.29, 0.717) is 23.7 Å². The van der Waals surface area contributed by atoms with E-state index in [-0.39, 0.29) is 5.57 Å². The lowest BCUT2D eigenvalue weighted by Gasteiger charge is -2.13. The van der Waals surface area contributed by atoms with Crippen molar-refractivity contribution >= 4 is 12.0 Å². The molecule has 0 aliphatic rings. The molecule has 0 aliphatic carbocycles. The zero-order chi connectivity index (χ0) is 15.0. The second kappa shape index (κ2) is 7.85. The van der Waals surface area contributed by atoms with Crippen molar-refractivity contribution in [1.29, 1.82) is 5.26 Å². The van der Waals surface area contributed by atoms with Crippen LogP contribution in [-0.2, 0) is 4.79 Å². The van der Waals surface area contributed by atoms with Crippen molar-refractivity contribution in [3.63, 3.8) is 0 Å². The molecule has 0 spiro atoms. The Balaban J connectivity index is 3.18. The summed E-state index contributed by atoms with van der Waals surface area (Å²) in [5, 5.41) is 17.7. The van der Waals surface area contributed by atoms with Crippen LogP contribution in [0, 0.1) is 11.3 Å². The number of aliphatic carboxylic acids is 1. The highest BCUT2D eigenvalue weighted by molar-refractivity contribution is 5.97. The molecule has 5 heteroatoms. The fourth-order valence-corrected chi connectivity index (χ4v) is 1.58. The van der Waals surface area contributed by atoms with E-state index in [9.17, 15) is 4.79 Å². The van der Waals surface area contributed by atoms with Crippen molar-refractivity contribution < 1.29 is 19.4 Å². The molecule has 0 atom stereocenters. The summed E-state index contributed by atoms with van der Waals surface area (Å²) < 4.78 is 10.9. The number of methoxy groups -OCH3 is 1. The van der Waals surface area contributed by atoms with Gasteiger partial charge in [0.2, 0.25) is 0 Å². The van der Waals surface area contributed by atoms with Gasteiger partial charge in [-0.25, -0.2) is 4.79 Å². The molecule has 0 heterocycles. The molecule has 106 valence electrons. The van der Waals surface area contributed by atoms with Crippen molar-refractivity contribution in [2.75, 3.05) is 13.7 Å². The lowest BCUT2D eigenvalue weighted by molar-refractivity contribution is -0.132. The Kier molecular flexibility index (Phi) is 6.11. The third kappa shape index (κ3) is 4.02. The predicted molar refractivity (Wildman–Crippen MR) is 74.6 cm³/mol. The summed E-state index contributed by atoms with van der Waals surface area (Å²) in [7, 11) is 1.51. The maximum absolute atomic E-state index is 10.9. The molecule has 0 saturated heterocycles. The number of rotatable bonds is 7. The summed E-state index contributed by atoms with van der Waals surface area (Å²) >= 11 is 0. The molecule has 0 radical (unpaired) electrons. The molecule has 0 bridgehead atoms. The molecule has 0 fully saturated rings. The number of hydrogen-bond acceptors (Lipinski definition) is 4. The highest BCUT2D eigenvalue weighted by atomic mass is 16.5. The SMILES string of the molecule is CCCCOc1c(C=C(C#N)C(=O)O)cccc1OC. The zero-order valence-electron chi connectivity index (χ0n) is 11.5. The molecule has 0 aliphatic heterocycles. The average Bonchev–Trinajstić information content (AvgIpc) is 2.45. The normalized spacial score (nSPS) is 10.8. The van der Waals surface area contributed by atoms with Gasteiger partial charge in [0.1, 0.15) is 11.6 Å². The van der Waals surface area contributed by atoms with E-state index >= 15 is 0 Å². The maximum atomic E-state index is 10.9. The highest BCUT2D eigenvalue weighted by Crippen LogP contribution is 2.32. The minimum atomic E-state index is -1.27. The predicted octanol–water partition coefficient (Wildman–Crippen LogP) is 2.87. The van der Waals surface area contributed by atoms with Crippen LogP contribution in [0.1, 0.15) is 25.3 Å². The van der Waals surface area contributed by atoms with Crippen LogP contribution in [0.15, 0.2) is 23.8 Å². The lowest BCUT2D eigenvalue weighted by Crippen LogP contribution is -2.02. The molecule has 0 aromatic heterocycles. The molecular formula is C15H17NO4. The number of nitrogens with zero attached hydrogens (tertiary/aromatic N) is 1. The van der Waals surface area contributed by atoms with Gasteiger partial charge in [0, 0.05) is 5.56 Å². The van der Waals surface area contributed by atoms with E-state index in [1.807, 2.05) is 6.92 Å². The zero-order valence-corrected chi connectivity index (χ0v) is 11.5. The summed E-state index contributed by atoms with van der Waals surface area (Å²) in [5.41, 5.74) is 0.165. The number of nitriles is 1. The number of ether oxygens (including phenoxy) is 2. The Morgan fingerprint density at radius 1 is 1.50 bits per heavy atom. The van der Waals surface area contributed by atoms with Crippen molar-refractivity contribution in [2.45, 2.75) is 19.8 Å². The molecule has 0 saturated carbocycles. The first kappa shape index (κ1) is 15.6. The average molecular weight is 275 g/mol. The number of carbonyl (C=O) groups is 1. The van der Waals surface area contributed by atoms with Crippen molar-refractivity contribution in [1.82, 2.24) is 0 Å². The van der Waals surface area contributed by atoms with Crippen LogP contribution < -0.4 is 9.47 Å². The molecule has 20 heavy (non-hydrogen) atoms. The quantitative estimate of drug-likeness (QED) is 0.470.